The number of hydrogen-bond donors (Lipinski definition) is 0. The van der Waals surface area contributed by atoms with Crippen LogP contribution in [0.5, 0.6) is 17.2 Å². The topological polar surface area (TPSA) is 116 Å². The van der Waals surface area contributed by atoms with E-state index >= 15 is 0 Å². The van der Waals surface area contributed by atoms with Crippen molar-refractivity contribution in [3.05, 3.63) is 109 Å². The van der Waals surface area contributed by atoms with Crippen LogP contribution >= 0.6 is 0 Å². The number of hydrogen-bond acceptors (Lipinski definition) is 10. The number of carbonyl (C=O) groups is 3. The molecule has 3 aromatic carbocycles. The SMILES string of the molecule is C=CC(=O)OCCCCCCOc1ccc(C(=O)Oc2ccc(OC(=O)c3ccc(C(=C)OCCCOCCCOC)cc3)cc2)cc1. The van der Waals surface area contributed by atoms with Crippen LogP contribution in [0.4, 0.5) is 0 Å². The van der Waals surface area contributed by atoms with E-state index in [1.807, 2.05) is 0 Å². The van der Waals surface area contributed by atoms with Crippen molar-refractivity contribution >= 4 is 23.7 Å². The minimum Gasteiger partial charge on any atom is -0.494 e. The fraction of sp³-hybridized carbons (Fsp3) is 0.342. The molecule has 10 heteroatoms. The zero-order chi connectivity index (χ0) is 34.4. The molecule has 3 rings (SSSR count). The van der Waals surface area contributed by atoms with Crippen molar-refractivity contribution in [3.63, 3.8) is 0 Å². The van der Waals surface area contributed by atoms with Gasteiger partial charge >= 0.3 is 17.9 Å². The van der Waals surface area contributed by atoms with E-state index in [1.165, 1.54) is 0 Å². The Bertz CT molecular complexity index is 1430. The first-order valence-corrected chi connectivity index (χ1v) is 15.9. The fourth-order valence-electron chi connectivity index (χ4n) is 4.21. The zero-order valence-corrected chi connectivity index (χ0v) is 27.5. The van der Waals surface area contributed by atoms with E-state index in [0.29, 0.717) is 73.8 Å². The Kier molecular flexibility index (Phi) is 17.0. The first-order valence-electron chi connectivity index (χ1n) is 15.9. The minimum atomic E-state index is -0.530. The van der Waals surface area contributed by atoms with E-state index in [1.54, 1.807) is 79.9 Å². The molecule has 0 aromatic heterocycles. The molecule has 0 unspecified atom stereocenters. The molecule has 0 fully saturated rings. The fourth-order valence-corrected chi connectivity index (χ4v) is 4.21. The molecule has 0 saturated heterocycles. The summed E-state index contributed by atoms with van der Waals surface area (Å²) in [5.41, 5.74) is 1.49. The van der Waals surface area contributed by atoms with Crippen LogP contribution in [-0.4, -0.2) is 64.7 Å². The van der Waals surface area contributed by atoms with E-state index in [4.69, 9.17) is 33.2 Å². The summed E-state index contributed by atoms with van der Waals surface area (Å²) < 4.78 is 37.8. The molecule has 3 aromatic rings. The van der Waals surface area contributed by atoms with Crippen LogP contribution in [0, 0.1) is 0 Å². The van der Waals surface area contributed by atoms with Crippen molar-refractivity contribution in [1.29, 1.82) is 0 Å². The van der Waals surface area contributed by atoms with Crippen LogP contribution in [-0.2, 0) is 23.7 Å². The number of methoxy groups -OCH3 is 1. The third-order valence-electron chi connectivity index (χ3n) is 6.84. The molecular formula is C38H44O10. The Balaban J connectivity index is 1.34. The van der Waals surface area contributed by atoms with Crippen LogP contribution < -0.4 is 14.2 Å². The summed E-state index contributed by atoms with van der Waals surface area (Å²) in [7, 11) is 1.67. The predicted molar refractivity (Wildman–Crippen MR) is 181 cm³/mol. The van der Waals surface area contributed by atoms with Crippen LogP contribution in [0.25, 0.3) is 5.76 Å². The molecule has 10 nitrogen and oxygen atoms in total. The Morgan fingerprint density at radius 2 is 1.04 bits per heavy atom. The van der Waals surface area contributed by atoms with Crippen molar-refractivity contribution in [1.82, 2.24) is 0 Å². The summed E-state index contributed by atoms with van der Waals surface area (Å²) in [6.45, 7) is 10.6. The van der Waals surface area contributed by atoms with Gasteiger partial charge in [0.2, 0.25) is 0 Å². The maximum absolute atomic E-state index is 12.7. The van der Waals surface area contributed by atoms with Gasteiger partial charge in [-0.25, -0.2) is 14.4 Å². The minimum absolute atomic E-state index is 0.304. The van der Waals surface area contributed by atoms with Crippen molar-refractivity contribution in [2.45, 2.75) is 38.5 Å². The second-order valence-corrected chi connectivity index (χ2v) is 10.6. The lowest BCUT2D eigenvalue weighted by Gasteiger charge is -2.10. The lowest BCUT2D eigenvalue weighted by atomic mass is 10.1. The van der Waals surface area contributed by atoms with Gasteiger partial charge in [0.25, 0.3) is 0 Å². The van der Waals surface area contributed by atoms with Gasteiger partial charge in [0.05, 0.1) is 30.9 Å². The number of benzene rings is 3. The first kappa shape index (κ1) is 37.5. The average Bonchev–Trinajstić information content (AvgIpc) is 3.11. The van der Waals surface area contributed by atoms with E-state index in [0.717, 1.165) is 50.2 Å². The highest BCUT2D eigenvalue weighted by Gasteiger charge is 2.12. The van der Waals surface area contributed by atoms with Gasteiger partial charge < -0.3 is 33.2 Å². The highest BCUT2D eigenvalue weighted by molar-refractivity contribution is 5.92. The largest absolute Gasteiger partial charge is 0.494 e. The third-order valence-corrected chi connectivity index (χ3v) is 6.84. The molecule has 256 valence electrons. The lowest BCUT2D eigenvalue weighted by molar-refractivity contribution is -0.137. The predicted octanol–water partition coefficient (Wildman–Crippen LogP) is 7.22. The lowest BCUT2D eigenvalue weighted by Crippen LogP contribution is -2.10. The van der Waals surface area contributed by atoms with E-state index in [-0.39, 0.29) is 0 Å². The van der Waals surface area contributed by atoms with Gasteiger partial charge in [0.1, 0.15) is 23.0 Å². The van der Waals surface area contributed by atoms with E-state index < -0.39 is 17.9 Å². The molecule has 0 atom stereocenters. The number of ether oxygens (including phenoxy) is 7. The molecule has 0 amide bonds. The summed E-state index contributed by atoms with van der Waals surface area (Å²) in [5, 5.41) is 0. The normalized spacial score (nSPS) is 10.5. The van der Waals surface area contributed by atoms with Gasteiger partial charge in [-0.1, -0.05) is 25.3 Å². The smallest absolute Gasteiger partial charge is 0.343 e. The molecule has 0 aliphatic carbocycles. The molecule has 0 spiro atoms. The summed E-state index contributed by atoms with van der Waals surface area (Å²) in [4.78, 5) is 36.3. The second-order valence-electron chi connectivity index (χ2n) is 10.6. The molecule has 0 saturated carbocycles. The highest BCUT2D eigenvalue weighted by Crippen LogP contribution is 2.22. The quantitative estimate of drug-likeness (QED) is 0.0339. The van der Waals surface area contributed by atoms with Crippen LogP contribution in [0.15, 0.2) is 92.0 Å². The zero-order valence-electron chi connectivity index (χ0n) is 27.5. The molecule has 48 heavy (non-hydrogen) atoms. The van der Waals surface area contributed by atoms with Crippen molar-refractivity contribution in [2.24, 2.45) is 0 Å². The monoisotopic (exact) mass is 660 g/mol. The van der Waals surface area contributed by atoms with Gasteiger partial charge in [-0.2, -0.15) is 0 Å². The van der Waals surface area contributed by atoms with Gasteiger partial charge in [0.15, 0.2) is 0 Å². The van der Waals surface area contributed by atoms with E-state index in [2.05, 4.69) is 13.2 Å². The van der Waals surface area contributed by atoms with Crippen molar-refractivity contribution < 1.29 is 47.5 Å². The number of carbonyl (C=O) groups excluding carboxylic acids is 3. The van der Waals surface area contributed by atoms with Gasteiger partial charge in [-0.3, -0.25) is 0 Å². The summed E-state index contributed by atoms with van der Waals surface area (Å²) in [6.07, 6.45) is 6.27. The molecule has 0 aliphatic rings. The number of unbranched alkanes of at least 4 members (excludes halogenated alkanes) is 3. The average molecular weight is 661 g/mol. The maximum atomic E-state index is 12.7. The molecule has 0 bridgehead atoms. The van der Waals surface area contributed by atoms with Gasteiger partial charge in [0, 0.05) is 45.0 Å². The Hall–Kier alpha value is -4.93. The standard InChI is InChI=1S/C38H44O10/c1-4-36(39)46-27-8-6-5-7-26-45-33-17-15-32(16-18-33)38(41)48-35-21-19-34(20-22-35)47-37(40)31-13-11-30(12-14-31)29(2)44-28-10-25-43-24-9-23-42-3/h4,11-22H,1-2,5-10,23-28H2,3H3. The summed E-state index contributed by atoms with van der Waals surface area (Å²) in [6, 6.07) is 19.7. The Morgan fingerprint density at radius 3 is 1.60 bits per heavy atom. The van der Waals surface area contributed by atoms with Gasteiger partial charge in [-0.15, -0.1) is 0 Å². The van der Waals surface area contributed by atoms with Crippen molar-refractivity contribution in [3.8, 4) is 17.2 Å². The van der Waals surface area contributed by atoms with Crippen LogP contribution in [0.3, 0.4) is 0 Å². The molecule has 0 heterocycles. The summed E-state index contributed by atoms with van der Waals surface area (Å²) >= 11 is 0. The molecule has 0 aliphatic heterocycles. The Morgan fingerprint density at radius 1 is 0.562 bits per heavy atom. The van der Waals surface area contributed by atoms with Gasteiger partial charge in [-0.05, 0) is 92.8 Å². The highest BCUT2D eigenvalue weighted by atomic mass is 16.5. The number of rotatable bonds is 23. The van der Waals surface area contributed by atoms with Crippen molar-refractivity contribution in [2.75, 3.05) is 46.8 Å². The summed E-state index contributed by atoms with van der Waals surface area (Å²) in [5.74, 6) is 0.306. The van der Waals surface area contributed by atoms with Crippen LogP contribution in [0.1, 0.15) is 64.8 Å². The third kappa shape index (κ3) is 14.2. The number of esters is 3. The van der Waals surface area contributed by atoms with Crippen LogP contribution in [0.2, 0.25) is 0 Å². The van der Waals surface area contributed by atoms with E-state index in [9.17, 15) is 14.4 Å². The molecule has 0 N–H and O–H groups in total. The Labute approximate surface area is 282 Å². The first-order chi connectivity index (χ1) is 23.4. The molecule has 0 radical (unpaired) electrons. The maximum Gasteiger partial charge on any atom is 0.343 e. The molecular weight excluding hydrogens is 616 g/mol. The second kappa shape index (κ2) is 21.8.